The molecule has 3 amide bonds. The van der Waals surface area contributed by atoms with Gasteiger partial charge in [0.1, 0.15) is 23.7 Å². The second-order valence-electron chi connectivity index (χ2n) is 11.1. The highest BCUT2D eigenvalue weighted by atomic mass is 16.6. The fraction of sp³-hybridized carbons (Fsp3) is 0.769. The van der Waals surface area contributed by atoms with Crippen molar-refractivity contribution in [3.63, 3.8) is 0 Å². The zero-order chi connectivity index (χ0) is 26.8. The molecule has 0 aromatic heterocycles. The fourth-order valence-corrected chi connectivity index (χ4v) is 3.98. The van der Waals surface area contributed by atoms with Gasteiger partial charge in [0.25, 0.3) is 0 Å². The molecule has 1 aliphatic carbocycles. The van der Waals surface area contributed by atoms with Crippen molar-refractivity contribution < 1.29 is 28.7 Å². The lowest BCUT2D eigenvalue weighted by atomic mass is 9.88. The number of methoxy groups -OCH3 is 1. The molecule has 1 rings (SSSR count). The van der Waals surface area contributed by atoms with E-state index in [0.717, 1.165) is 19.3 Å². The van der Waals surface area contributed by atoms with Gasteiger partial charge in [-0.25, -0.2) is 9.59 Å². The summed E-state index contributed by atoms with van der Waals surface area (Å²) in [6.45, 7) is 13.0. The Morgan fingerprint density at radius 3 is 2.00 bits per heavy atom. The van der Waals surface area contributed by atoms with Crippen LogP contribution >= 0.6 is 0 Å². The minimum atomic E-state index is -0.895. The van der Waals surface area contributed by atoms with Crippen LogP contribution in [0.2, 0.25) is 0 Å². The van der Waals surface area contributed by atoms with Crippen LogP contribution in [0.3, 0.4) is 0 Å². The molecule has 35 heavy (non-hydrogen) atoms. The summed E-state index contributed by atoms with van der Waals surface area (Å²) in [7, 11) is 1.28. The van der Waals surface area contributed by atoms with Crippen molar-refractivity contribution in [2.75, 3.05) is 7.11 Å². The number of rotatable bonds is 11. The SMILES string of the molecule is COC(=O)[C@H](CC(C)C)NC(=O)C(NC(=O)[C@H](CC(C)C)NC(=O)OC(C)(C)C)C1C=CCCC1. The van der Waals surface area contributed by atoms with E-state index in [1.807, 2.05) is 39.8 Å². The topological polar surface area (TPSA) is 123 Å². The number of ether oxygens (including phenoxy) is 2. The summed E-state index contributed by atoms with van der Waals surface area (Å²) in [6, 6.07) is -2.58. The van der Waals surface area contributed by atoms with E-state index in [9.17, 15) is 19.2 Å². The lowest BCUT2D eigenvalue weighted by Crippen LogP contribution is -2.58. The molecule has 0 aliphatic heterocycles. The van der Waals surface area contributed by atoms with Crippen molar-refractivity contribution in [1.29, 1.82) is 0 Å². The number of amides is 3. The Morgan fingerprint density at radius 1 is 0.914 bits per heavy atom. The second kappa shape index (κ2) is 14.1. The van der Waals surface area contributed by atoms with Crippen LogP contribution in [0.1, 0.15) is 80.6 Å². The van der Waals surface area contributed by atoms with Crippen molar-refractivity contribution in [3.05, 3.63) is 12.2 Å². The van der Waals surface area contributed by atoms with Gasteiger partial charge in [0, 0.05) is 5.92 Å². The number of carbonyl (C=O) groups excluding carboxylic acids is 4. The van der Waals surface area contributed by atoms with Gasteiger partial charge >= 0.3 is 12.1 Å². The average molecular weight is 496 g/mol. The van der Waals surface area contributed by atoms with Crippen molar-refractivity contribution in [2.45, 2.75) is 104 Å². The first-order valence-corrected chi connectivity index (χ1v) is 12.6. The smallest absolute Gasteiger partial charge is 0.408 e. The van der Waals surface area contributed by atoms with Gasteiger partial charge in [-0.3, -0.25) is 9.59 Å². The lowest BCUT2D eigenvalue weighted by molar-refractivity contribution is -0.146. The molecule has 9 nitrogen and oxygen atoms in total. The first-order chi connectivity index (χ1) is 16.2. The number of nitrogens with one attached hydrogen (secondary N) is 3. The quantitative estimate of drug-likeness (QED) is 0.298. The van der Waals surface area contributed by atoms with E-state index in [2.05, 4.69) is 16.0 Å². The molecule has 0 bridgehead atoms. The average Bonchev–Trinajstić information content (AvgIpc) is 2.74. The van der Waals surface area contributed by atoms with Crippen molar-refractivity contribution in [3.8, 4) is 0 Å². The van der Waals surface area contributed by atoms with Gasteiger partial charge in [-0.05, 0) is 64.7 Å². The van der Waals surface area contributed by atoms with Crippen LogP contribution < -0.4 is 16.0 Å². The zero-order valence-electron chi connectivity index (χ0n) is 22.6. The van der Waals surface area contributed by atoms with Gasteiger partial charge in [-0.2, -0.15) is 0 Å². The van der Waals surface area contributed by atoms with Gasteiger partial charge in [-0.1, -0.05) is 39.8 Å². The molecule has 0 fully saturated rings. The number of carbonyl (C=O) groups is 4. The highest BCUT2D eigenvalue weighted by molar-refractivity contribution is 5.93. The number of hydrogen-bond acceptors (Lipinski definition) is 6. The van der Waals surface area contributed by atoms with Gasteiger partial charge in [-0.15, -0.1) is 0 Å². The zero-order valence-corrected chi connectivity index (χ0v) is 22.6. The third kappa shape index (κ3) is 11.6. The third-order valence-electron chi connectivity index (χ3n) is 5.52. The Hall–Kier alpha value is -2.58. The van der Waals surface area contributed by atoms with E-state index in [4.69, 9.17) is 9.47 Å². The number of allylic oxidation sites excluding steroid dienone is 1. The van der Waals surface area contributed by atoms with Crippen LogP contribution in [0.25, 0.3) is 0 Å². The minimum Gasteiger partial charge on any atom is -0.467 e. The van der Waals surface area contributed by atoms with Gasteiger partial charge in [0.05, 0.1) is 7.11 Å². The molecule has 3 N–H and O–H groups in total. The number of alkyl carbamates (subject to hydrolysis) is 1. The molecule has 200 valence electrons. The van der Waals surface area contributed by atoms with Gasteiger partial charge < -0.3 is 25.4 Å². The molecule has 0 aromatic rings. The predicted octanol–water partition coefficient (Wildman–Crippen LogP) is 3.47. The molecule has 0 radical (unpaired) electrons. The second-order valence-corrected chi connectivity index (χ2v) is 11.1. The van der Waals surface area contributed by atoms with Crippen LogP contribution in [0, 0.1) is 17.8 Å². The minimum absolute atomic E-state index is 0.109. The molecule has 0 saturated carbocycles. The van der Waals surface area contributed by atoms with E-state index in [1.165, 1.54) is 7.11 Å². The van der Waals surface area contributed by atoms with Crippen LogP contribution in [0.15, 0.2) is 12.2 Å². The summed E-state index contributed by atoms with van der Waals surface area (Å²) < 4.78 is 10.2. The Morgan fingerprint density at radius 2 is 1.51 bits per heavy atom. The molecule has 0 saturated heterocycles. The summed E-state index contributed by atoms with van der Waals surface area (Å²) in [5, 5.41) is 8.28. The van der Waals surface area contributed by atoms with Crippen LogP contribution in [0.4, 0.5) is 4.79 Å². The maximum Gasteiger partial charge on any atom is 0.408 e. The molecular formula is C26H45N3O6. The Kier molecular flexibility index (Phi) is 12.3. The largest absolute Gasteiger partial charge is 0.467 e. The van der Waals surface area contributed by atoms with Crippen molar-refractivity contribution in [1.82, 2.24) is 16.0 Å². The first kappa shape index (κ1) is 30.5. The normalized spacial score (nSPS) is 18.4. The van der Waals surface area contributed by atoms with E-state index in [0.29, 0.717) is 12.8 Å². The van der Waals surface area contributed by atoms with Gasteiger partial charge in [0.2, 0.25) is 11.8 Å². The summed E-state index contributed by atoms with van der Waals surface area (Å²) in [6.07, 6.45) is 6.54. The molecule has 0 aromatic carbocycles. The van der Waals surface area contributed by atoms with E-state index >= 15 is 0 Å². The molecular weight excluding hydrogens is 450 g/mol. The summed E-state index contributed by atoms with van der Waals surface area (Å²) in [5.74, 6) is -1.42. The lowest BCUT2D eigenvalue weighted by Gasteiger charge is -2.31. The first-order valence-electron chi connectivity index (χ1n) is 12.6. The Labute approximate surface area is 210 Å². The monoisotopic (exact) mass is 495 g/mol. The highest BCUT2D eigenvalue weighted by Gasteiger charge is 2.35. The van der Waals surface area contributed by atoms with Crippen LogP contribution in [-0.2, 0) is 23.9 Å². The molecule has 1 aliphatic rings. The Balaban J connectivity index is 3.11. The number of hydrogen-bond donors (Lipinski definition) is 3. The van der Waals surface area contributed by atoms with E-state index < -0.39 is 47.6 Å². The molecule has 2 unspecified atom stereocenters. The van der Waals surface area contributed by atoms with Crippen LogP contribution in [-0.4, -0.2) is 54.7 Å². The van der Waals surface area contributed by atoms with E-state index in [1.54, 1.807) is 20.8 Å². The molecule has 9 heteroatoms. The molecule has 0 heterocycles. The Bertz CT molecular complexity index is 757. The molecule has 0 spiro atoms. The van der Waals surface area contributed by atoms with Crippen molar-refractivity contribution >= 4 is 23.9 Å². The predicted molar refractivity (Wildman–Crippen MR) is 134 cm³/mol. The summed E-state index contributed by atoms with van der Waals surface area (Å²) >= 11 is 0. The highest BCUT2D eigenvalue weighted by Crippen LogP contribution is 2.22. The maximum atomic E-state index is 13.4. The summed E-state index contributed by atoms with van der Waals surface area (Å²) in [4.78, 5) is 51.3. The summed E-state index contributed by atoms with van der Waals surface area (Å²) in [5.41, 5.74) is -0.711. The number of esters is 1. The van der Waals surface area contributed by atoms with Gasteiger partial charge in [0.15, 0.2) is 0 Å². The standard InChI is InChI=1S/C26H45N3O6/c1-16(2)14-19(28-25(33)35-26(5,6)7)22(30)29-21(18-12-10-9-11-13-18)23(31)27-20(15-17(3)4)24(32)34-8/h10,12,16-21H,9,11,13-15H2,1-8H3,(H,27,31)(H,28,33)(H,29,30)/t18?,19-,20-,21?/m0/s1. The fourth-order valence-electron chi connectivity index (χ4n) is 3.98. The molecule has 4 atom stereocenters. The third-order valence-corrected chi connectivity index (χ3v) is 5.52. The maximum absolute atomic E-state index is 13.4. The van der Waals surface area contributed by atoms with E-state index in [-0.39, 0.29) is 17.8 Å². The van der Waals surface area contributed by atoms with Crippen molar-refractivity contribution in [2.24, 2.45) is 17.8 Å². The van der Waals surface area contributed by atoms with Crippen LogP contribution in [0.5, 0.6) is 0 Å².